The van der Waals surface area contributed by atoms with E-state index in [4.69, 9.17) is 16.1 Å². The third-order valence-corrected chi connectivity index (χ3v) is 3.77. The number of halogens is 1. The lowest BCUT2D eigenvalue weighted by Gasteiger charge is -2.20. The molecule has 3 rings (SSSR count). The van der Waals surface area contributed by atoms with Crippen LogP contribution in [0.2, 0.25) is 5.02 Å². The highest BCUT2D eigenvalue weighted by Crippen LogP contribution is 2.26. The van der Waals surface area contributed by atoms with E-state index in [2.05, 4.69) is 15.5 Å². The Hall–Kier alpha value is -1.39. The third kappa shape index (κ3) is 2.96. The van der Waals surface area contributed by atoms with Gasteiger partial charge in [0.05, 0.1) is 10.6 Å². The maximum absolute atomic E-state index is 6.12. The second-order valence-corrected chi connectivity index (χ2v) is 5.32. The van der Waals surface area contributed by atoms with Crippen LogP contribution in [0.5, 0.6) is 0 Å². The van der Waals surface area contributed by atoms with Gasteiger partial charge in [-0.3, -0.25) is 0 Å². The van der Waals surface area contributed by atoms with Crippen molar-refractivity contribution in [2.24, 2.45) is 5.92 Å². The van der Waals surface area contributed by atoms with Gasteiger partial charge in [0, 0.05) is 6.42 Å². The van der Waals surface area contributed by atoms with Gasteiger partial charge in [0.15, 0.2) is 5.82 Å². The summed E-state index contributed by atoms with van der Waals surface area (Å²) in [6.45, 7) is 2.16. The minimum absolute atomic E-state index is 0.504. The van der Waals surface area contributed by atoms with Crippen LogP contribution in [0.1, 0.15) is 18.7 Å². The van der Waals surface area contributed by atoms with Crippen LogP contribution in [0.25, 0.3) is 11.5 Å². The van der Waals surface area contributed by atoms with Crippen LogP contribution in [0.4, 0.5) is 0 Å². The van der Waals surface area contributed by atoms with Gasteiger partial charge in [-0.2, -0.15) is 4.98 Å². The monoisotopic (exact) mass is 277 g/mol. The van der Waals surface area contributed by atoms with Crippen molar-refractivity contribution in [1.82, 2.24) is 15.5 Å². The van der Waals surface area contributed by atoms with Crippen LogP contribution in [0.3, 0.4) is 0 Å². The topological polar surface area (TPSA) is 51.0 Å². The van der Waals surface area contributed by atoms with Gasteiger partial charge in [-0.25, -0.2) is 0 Å². The summed E-state index contributed by atoms with van der Waals surface area (Å²) in [7, 11) is 0. The highest BCUT2D eigenvalue weighted by atomic mass is 35.5. The SMILES string of the molecule is Clc1ccccc1-c1nc(CC2CCCNC2)no1. The van der Waals surface area contributed by atoms with Crippen molar-refractivity contribution in [3.8, 4) is 11.5 Å². The Balaban J connectivity index is 1.74. The van der Waals surface area contributed by atoms with Gasteiger partial charge in [-0.05, 0) is 44.0 Å². The van der Waals surface area contributed by atoms with E-state index in [1.165, 1.54) is 12.8 Å². The minimum atomic E-state index is 0.504. The second kappa shape index (κ2) is 5.72. The summed E-state index contributed by atoms with van der Waals surface area (Å²) in [5, 5.41) is 8.09. The number of hydrogen-bond acceptors (Lipinski definition) is 4. The van der Waals surface area contributed by atoms with Gasteiger partial charge in [-0.15, -0.1) is 0 Å². The number of aromatic nitrogens is 2. The molecule has 0 spiro atoms. The van der Waals surface area contributed by atoms with Crippen molar-refractivity contribution in [3.05, 3.63) is 35.1 Å². The molecular formula is C14H16ClN3O. The summed E-state index contributed by atoms with van der Waals surface area (Å²) in [4.78, 5) is 4.45. The van der Waals surface area contributed by atoms with Crippen LogP contribution in [-0.4, -0.2) is 23.2 Å². The second-order valence-electron chi connectivity index (χ2n) is 4.91. The van der Waals surface area contributed by atoms with E-state index in [0.717, 1.165) is 30.9 Å². The smallest absolute Gasteiger partial charge is 0.259 e. The van der Waals surface area contributed by atoms with E-state index in [-0.39, 0.29) is 0 Å². The normalized spacial score (nSPS) is 19.5. The predicted octanol–water partition coefficient (Wildman–Crippen LogP) is 2.93. The molecule has 1 aliphatic heterocycles. The Labute approximate surface area is 117 Å². The van der Waals surface area contributed by atoms with Gasteiger partial charge in [0.25, 0.3) is 5.89 Å². The maximum Gasteiger partial charge on any atom is 0.259 e. The predicted molar refractivity (Wildman–Crippen MR) is 74.0 cm³/mol. The molecule has 0 amide bonds. The van der Waals surface area contributed by atoms with E-state index in [0.29, 0.717) is 16.8 Å². The fraction of sp³-hybridized carbons (Fsp3) is 0.429. The molecule has 1 N–H and O–H groups in total. The molecule has 0 bridgehead atoms. The molecule has 1 atom stereocenters. The summed E-state index contributed by atoms with van der Waals surface area (Å²) >= 11 is 6.12. The number of nitrogens with zero attached hydrogens (tertiary/aromatic N) is 2. The number of nitrogens with one attached hydrogen (secondary N) is 1. The van der Waals surface area contributed by atoms with Crippen LogP contribution in [0, 0.1) is 5.92 Å². The standard InChI is InChI=1S/C14H16ClN3O/c15-12-6-2-1-5-11(12)14-17-13(18-19-14)8-10-4-3-7-16-9-10/h1-2,5-6,10,16H,3-4,7-9H2. The molecule has 4 nitrogen and oxygen atoms in total. The zero-order chi connectivity index (χ0) is 13.1. The molecule has 0 saturated carbocycles. The molecule has 5 heteroatoms. The fourth-order valence-corrected chi connectivity index (χ4v) is 2.65. The minimum Gasteiger partial charge on any atom is -0.334 e. The summed E-state index contributed by atoms with van der Waals surface area (Å²) in [5.74, 6) is 1.87. The van der Waals surface area contributed by atoms with Crippen LogP contribution >= 0.6 is 11.6 Å². The summed E-state index contributed by atoms with van der Waals surface area (Å²) in [5.41, 5.74) is 0.796. The van der Waals surface area contributed by atoms with Gasteiger partial charge >= 0.3 is 0 Å². The molecule has 0 aliphatic carbocycles. The lowest BCUT2D eigenvalue weighted by Crippen LogP contribution is -2.31. The van der Waals surface area contributed by atoms with Crippen molar-refractivity contribution in [3.63, 3.8) is 0 Å². The summed E-state index contributed by atoms with van der Waals surface area (Å²) in [6, 6.07) is 7.51. The average molecular weight is 278 g/mol. The molecule has 19 heavy (non-hydrogen) atoms. The lowest BCUT2D eigenvalue weighted by molar-refractivity contribution is 0.360. The van der Waals surface area contributed by atoms with Crippen LogP contribution in [0.15, 0.2) is 28.8 Å². The quantitative estimate of drug-likeness (QED) is 0.937. The molecule has 1 fully saturated rings. The van der Waals surface area contributed by atoms with Crippen LogP contribution in [-0.2, 0) is 6.42 Å². The zero-order valence-electron chi connectivity index (χ0n) is 10.6. The van der Waals surface area contributed by atoms with Crippen molar-refractivity contribution >= 4 is 11.6 Å². The molecule has 0 radical (unpaired) electrons. The molecule has 100 valence electrons. The Morgan fingerprint density at radius 2 is 2.26 bits per heavy atom. The average Bonchev–Trinajstić information content (AvgIpc) is 2.89. The van der Waals surface area contributed by atoms with Crippen molar-refractivity contribution in [2.75, 3.05) is 13.1 Å². The third-order valence-electron chi connectivity index (χ3n) is 3.44. The molecule has 1 saturated heterocycles. The lowest BCUT2D eigenvalue weighted by atomic mass is 9.96. The molecule has 1 unspecified atom stereocenters. The van der Waals surface area contributed by atoms with Gasteiger partial charge in [0.2, 0.25) is 0 Å². The first kappa shape index (κ1) is 12.6. The molecule has 2 aromatic rings. The van der Waals surface area contributed by atoms with Gasteiger partial charge < -0.3 is 9.84 Å². The summed E-state index contributed by atoms with van der Waals surface area (Å²) in [6.07, 6.45) is 3.31. The number of hydrogen-bond donors (Lipinski definition) is 1. The van der Waals surface area contributed by atoms with E-state index in [1.54, 1.807) is 0 Å². The first-order valence-electron chi connectivity index (χ1n) is 6.61. The largest absolute Gasteiger partial charge is 0.334 e. The zero-order valence-corrected chi connectivity index (χ0v) is 11.4. The number of benzene rings is 1. The Morgan fingerprint density at radius 3 is 3.05 bits per heavy atom. The van der Waals surface area contributed by atoms with Crippen molar-refractivity contribution in [2.45, 2.75) is 19.3 Å². The van der Waals surface area contributed by atoms with Crippen molar-refractivity contribution in [1.29, 1.82) is 0 Å². The van der Waals surface area contributed by atoms with E-state index < -0.39 is 0 Å². The van der Waals surface area contributed by atoms with Gasteiger partial charge in [-0.1, -0.05) is 28.9 Å². The summed E-state index contributed by atoms with van der Waals surface area (Å²) < 4.78 is 5.31. The Bertz CT molecular complexity index is 549. The highest BCUT2D eigenvalue weighted by Gasteiger charge is 2.18. The van der Waals surface area contributed by atoms with E-state index in [9.17, 15) is 0 Å². The Morgan fingerprint density at radius 1 is 1.37 bits per heavy atom. The molecular weight excluding hydrogens is 262 g/mol. The molecule has 1 aromatic carbocycles. The number of rotatable bonds is 3. The highest BCUT2D eigenvalue weighted by molar-refractivity contribution is 6.33. The molecule has 1 aromatic heterocycles. The van der Waals surface area contributed by atoms with E-state index >= 15 is 0 Å². The number of piperidine rings is 1. The van der Waals surface area contributed by atoms with Gasteiger partial charge in [0.1, 0.15) is 0 Å². The first-order valence-corrected chi connectivity index (χ1v) is 6.99. The molecule has 1 aliphatic rings. The van der Waals surface area contributed by atoms with Crippen molar-refractivity contribution < 1.29 is 4.52 Å². The fourth-order valence-electron chi connectivity index (χ4n) is 2.44. The van der Waals surface area contributed by atoms with Crippen LogP contribution < -0.4 is 5.32 Å². The maximum atomic E-state index is 6.12. The van der Waals surface area contributed by atoms with E-state index in [1.807, 2.05) is 24.3 Å². The first-order chi connectivity index (χ1) is 9.33. The molecule has 2 heterocycles. The Kier molecular flexibility index (Phi) is 3.80.